The van der Waals surface area contributed by atoms with Gasteiger partial charge >= 0.3 is 12.3 Å². The normalized spacial score (nSPS) is 20.0. The summed E-state index contributed by atoms with van der Waals surface area (Å²) in [6.45, 7) is 12.2. The second-order valence-corrected chi connectivity index (χ2v) is 13.2. The van der Waals surface area contributed by atoms with Crippen LogP contribution in [0.3, 0.4) is 0 Å². The predicted octanol–water partition coefficient (Wildman–Crippen LogP) is 2.66. The number of piperazine rings is 1. The second-order valence-electron chi connectivity index (χ2n) is 13.2. The fourth-order valence-corrected chi connectivity index (χ4v) is 6.54. The molecule has 0 bridgehead atoms. The molecule has 3 aliphatic rings. The number of aromatic nitrogens is 4. The number of ether oxygens (including phenoxy) is 3. The highest BCUT2D eigenvalue weighted by atomic mass is 19.4. The molecule has 15 nitrogen and oxygen atoms in total. The third kappa shape index (κ3) is 8.07. The molecule has 51 heavy (non-hydrogen) atoms. The van der Waals surface area contributed by atoms with Crippen molar-refractivity contribution in [2.75, 3.05) is 82.9 Å². The molecule has 1 unspecified atom stereocenters. The Morgan fingerprint density at radius 1 is 1.10 bits per heavy atom. The largest absolute Gasteiger partial charge is 0.453 e. The van der Waals surface area contributed by atoms with E-state index in [9.17, 15) is 27.6 Å². The Morgan fingerprint density at radius 2 is 1.82 bits per heavy atom. The number of nitrogens with one attached hydrogen (secondary N) is 1. The van der Waals surface area contributed by atoms with Crippen molar-refractivity contribution in [3.63, 3.8) is 0 Å². The smallest absolute Gasteiger partial charge is 0.417 e. The van der Waals surface area contributed by atoms with E-state index in [4.69, 9.17) is 9.47 Å². The van der Waals surface area contributed by atoms with Crippen LogP contribution in [0.5, 0.6) is 0 Å². The monoisotopic (exact) mass is 715 g/mol. The minimum atomic E-state index is -4.81. The maximum atomic E-state index is 14.3. The number of morpholine rings is 2. The van der Waals surface area contributed by atoms with Crippen molar-refractivity contribution >= 4 is 35.1 Å². The van der Waals surface area contributed by atoms with Gasteiger partial charge in [-0.25, -0.2) is 19.3 Å². The summed E-state index contributed by atoms with van der Waals surface area (Å²) in [6.07, 6.45) is -2.56. The van der Waals surface area contributed by atoms with E-state index in [0.717, 1.165) is 24.9 Å². The van der Waals surface area contributed by atoms with Gasteiger partial charge in [-0.1, -0.05) is 6.58 Å². The van der Waals surface area contributed by atoms with Crippen LogP contribution in [0.15, 0.2) is 37.2 Å². The van der Waals surface area contributed by atoms with Gasteiger partial charge < -0.3 is 28.9 Å². The van der Waals surface area contributed by atoms with Crippen LogP contribution in [0.25, 0.3) is 16.9 Å². The lowest BCUT2D eigenvalue weighted by atomic mass is 10.0. The molecule has 1 N–H and O–H groups in total. The van der Waals surface area contributed by atoms with Gasteiger partial charge in [0, 0.05) is 64.8 Å². The van der Waals surface area contributed by atoms with Crippen LogP contribution in [-0.4, -0.2) is 137 Å². The van der Waals surface area contributed by atoms with Gasteiger partial charge in [0.25, 0.3) is 5.91 Å². The number of nitrogens with zero attached hydrogens (tertiary/aromatic N) is 8. The second kappa shape index (κ2) is 14.4. The molecular weight excluding hydrogens is 675 g/mol. The Labute approximate surface area is 291 Å². The molecule has 18 heteroatoms. The predicted molar refractivity (Wildman–Crippen MR) is 178 cm³/mol. The standard InChI is InChI=1S/C33H40F3N9O6/c1-5-27(46)44-19-25(51-32(2,3)20-44)30(47)43-8-6-41(7-9-43)17-21-14-24-29(42-10-12-50-13-11-42)39-28(40-45(24)18-21)22-16-37-26(38-31(48)49-4)15-23(22)33(34,35)36/h5,14-16,18,25H,1,6-13,17,19-20H2,2-4H3,(H,37,38,48). The van der Waals surface area contributed by atoms with Gasteiger partial charge in [0.1, 0.15) is 11.3 Å². The third-order valence-electron chi connectivity index (χ3n) is 8.95. The number of rotatable bonds is 7. The van der Waals surface area contributed by atoms with E-state index >= 15 is 0 Å². The first kappa shape index (κ1) is 36.0. The summed E-state index contributed by atoms with van der Waals surface area (Å²) >= 11 is 0. The Balaban J connectivity index is 1.22. The van der Waals surface area contributed by atoms with E-state index in [1.807, 2.05) is 24.8 Å². The molecular formula is C33H40F3N9O6. The minimum Gasteiger partial charge on any atom is -0.453 e. The zero-order chi connectivity index (χ0) is 36.5. The SMILES string of the molecule is C=CC(=O)N1CC(C(=O)N2CCN(Cc3cc4c(N5CCOCC5)nc(-c5cnc(NC(=O)OC)cc5C(F)(F)F)nn4c3)CC2)OC(C)(C)C1. The zero-order valence-electron chi connectivity index (χ0n) is 28.6. The fourth-order valence-electron chi connectivity index (χ4n) is 6.54. The van der Waals surface area contributed by atoms with Gasteiger partial charge in [-0.2, -0.15) is 13.2 Å². The Bertz CT molecular complexity index is 1800. The lowest BCUT2D eigenvalue weighted by Gasteiger charge is -2.44. The molecule has 3 aliphatic heterocycles. The average Bonchev–Trinajstić information content (AvgIpc) is 3.52. The van der Waals surface area contributed by atoms with Crippen LogP contribution >= 0.6 is 0 Å². The molecule has 0 aliphatic carbocycles. The van der Waals surface area contributed by atoms with E-state index in [1.54, 1.807) is 16.0 Å². The summed E-state index contributed by atoms with van der Waals surface area (Å²) in [4.78, 5) is 53.5. The van der Waals surface area contributed by atoms with Crippen LogP contribution < -0.4 is 10.2 Å². The summed E-state index contributed by atoms with van der Waals surface area (Å²) in [5.74, 6) is -0.486. The summed E-state index contributed by atoms with van der Waals surface area (Å²) in [5, 5.41) is 6.66. The number of carbonyl (C=O) groups is 3. The first-order valence-electron chi connectivity index (χ1n) is 16.5. The molecule has 6 heterocycles. The van der Waals surface area contributed by atoms with Gasteiger partial charge in [0.2, 0.25) is 5.91 Å². The quantitative estimate of drug-likeness (QED) is 0.361. The van der Waals surface area contributed by atoms with Crippen LogP contribution in [0.4, 0.5) is 29.6 Å². The van der Waals surface area contributed by atoms with Crippen LogP contribution in [0.1, 0.15) is 25.0 Å². The van der Waals surface area contributed by atoms with Crippen molar-refractivity contribution in [2.24, 2.45) is 0 Å². The number of hydrogen-bond donors (Lipinski definition) is 1. The molecule has 3 saturated heterocycles. The molecule has 6 rings (SSSR count). The number of carbonyl (C=O) groups excluding carboxylic acids is 3. The number of amides is 3. The maximum absolute atomic E-state index is 14.3. The van der Waals surface area contributed by atoms with Gasteiger partial charge in [-0.05, 0) is 37.6 Å². The van der Waals surface area contributed by atoms with Crippen LogP contribution in [0, 0.1) is 0 Å². The molecule has 0 aromatic carbocycles. The van der Waals surface area contributed by atoms with Gasteiger partial charge in [0.15, 0.2) is 17.7 Å². The van der Waals surface area contributed by atoms with E-state index in [0.29, 0.717) is 76.9 Å². The molecule has 3 fully saturated rings. The van der Waals surface area contributed by atoms with Gasteiger partial charge in [0.05, 0.1) is 43.6 Å². The average molecular weight is 716 g/mol. The van der Waals surface area contributed by atoms with Crippen molar-refractivity contribution in [2.45, 2.75) is 38.3 Å². The highest BCUT2D eigenvalue weighted by Crippen LogP contribution is 2.38. The Hall–Kier alpha value is -4.81. The number of alkyl halides is 3. The van der Waals surface area contributed by atoms with Crippen molar-refractivity contribution < 1.29 is 41.8 Å². The number of pyridine rings is 1. The van der Waals surface area contributed by atoms with Crippen molar-refractivity contribution in [1.29, 1.82) is 0 Å². The van der Waals surface area contributed by atoms with E-state index < -0.39 is 29.5 Å². The summed E-state index contributed by atoms with van der Waals surface area (Å²) < 4.78 is 60.6. The van der Waals surface area contributed by atoms with Crippen molar-refractivity contribution in [3.8, 4) is 11.4 Å². The van der Waals surface area contributed by atoms with Gasteiger partial charge in [-0.3, -0.25) is 19.8 Å². The Morgan fingerprint density at radius 3 is 2.49 bits per heavy atom. The highest BCUT2D eigenvalue weighted by molar-refractivity contribution is 5.88. The Kier molecular flexibility index (Phi) is 10.2. The summed E-state index contributed by atoms with van der Waals surface area (Å²) in [7, 11) is 1.09. The van der Waals surface area contributed by atoms with Gasteiger partial charge in [-0.15, -0.1) is 5.10 Å². The molecule has 274 valence electrons. The molecule has 1 atom stereocenters. The molecule has 0 saturated carbocycles. The number of anilines is 2. The lowest BCUT2D eigenvalue weighted by molar-refractivity contribution is -0.176. The number of hydrogen-bond acceptors (Lipinski definition) is 11. The number of halogens is 3. The van der Waals surface area contributed by atoms with E-state index in [2.05, 4.69) is 36.6 Å². The van der Waals surface area contributed by atoms with Crippen LogP contribution in [0.2, 0.25) is 0 Å². The third-order valence-corrected chi connectivity index (χ3v) is 8.95. The molecule has 0 spiro atoms. The fraction of sp³-hybridized carbons (Fsp3) is 0.515. The highest BCUT2D eigenvalue weighted by Gasteiger charge is 2.40. The van der Waals surface area contributed by atoms with E-state index in [1.165, 1.54) is 10.6 Å². The van der Waals surface area contributed by atoms with Crippen molar-refractivity contribution in [3.05, 3.63) is 48.3 Å². The summed E-state index contributed by atoms with van der Waals surface area (Å²) in [5.41, 5.74) is -0.634. The summed E-state index contributed by atoms with van der Waals surface area (Å²) in [6, 6.07) is 2.64. The molecule has 0 radical (unpaired) electrons. The first-order chi connectivity index (χ1) is 24.2. The van der Waals surface area contributed by atoms with E-state index in [-0.39, 0.29) is 35.6 Å². The molecule has 3 aromatic heterocycles. The topological polar surface area (TPSA) is 147 Å². The van der Waals surface area contributed by atoms with Crippen LogP contribution in [-0.2, 0) is 36.5 Å². The molecule has 3 aromatic rings. The maximum Gasteiger partial charge on any atom is 0.417 e. The van der Waals surface area contributed by atoms with Crippen molar-refractivity contribution in [1.82, 2.24) is 34.3 Å². The lowest BCUT2D eigenvalue weighted by Crippen LogP contribution is -2.60. The first-order valence-corrected chi connectivity index (χ1v) is 16.5. The molecule has 3 amide bonds. The number of fused-ring (bicyclic) bond motifs is 1. The zero-order valence-corrected chi connectivity index (χ0v) is 28.6. The minimum absolute atomic E-state index is 0.161. The number of methoxy groups -OCH3 is 1.